The molecule has 50 heavy (non-hydrogen) atoms. The predicted octanol–water partition coefficient (Wildman–Crippen LogP) is 3.27. The lowest BCUT2D eigenvalue weighted by atomic mass is 9.80. The molecule has 2 aromatic rings. The third-order valence-corrected chi connectivity index (χ3v) is 8.68. The van der Waals surface area contributed by atoms with Crippen molar-refractivity contribution in [3.8, 4) is 5.75 Å². The molecule has 1 heterocycles. The SMILES string of the molecule is CCOC(=O)C1=C(COCCNC(=O)C2CCC(NCC(O)COc3ccccc3)CC2)NC(C)=C(C(=O)OC)C1c1cccc([N+](=O)[O-])c1. The summed E-state index contributed by atoms with van der Waals surface area (Å²) in [6, 6.07) is 15.3. The maximum atomic E-state index is 13.3. The average molecular weight is 695 g/mol. The molecule has 14 nitrogen and oxygen atoms in total. The standard InChI is InChI=1S/C36H46N4O10/c1-4-49-36(44)33-30(39-23(2)31(35(43)47-3)32(33)25-9-8-10-27(19-25)40(45)46)22-48-18-17-37-34(42)24-13-15-26(16-14-24)38-20-28(41)21-50-29-11-6-5-7-12-29/h5-12,19,24,26,28,32,38-39,41H,4,13-18,20-22H2,1-3H3,(H,37,42). The highest BCUT2D eigenvalue weighted by Crippen LogP contribution is 2.40. The van der Waals surface area contributed by atoms with Crippen LogP contribution in [0.1, 0.15) is 51.0 Å². The van der Waals surface area contributed by atoms with E-state index in [1.807, 2.05) is 30.3 Å². The van der Waals surface area contributed by atoms with Gasteiger partial charge < -0.3 is 40.0 Å². The molecule has 4 N–H and O–H groups in total. The van der Waals surface area contributed by atoms with Gasteiger partial charge in [-0.2, -0.15) is 0 Å². The Morgan fingerprint density at radius 1 is 1.04 bits per heavy atom. The smallest absolute Gasteiger partial charge is 0.336 e. The largest absolute Gasteiger partial charge is 0.491 e. The molecule has 2 aliphatic rings. The maximum absolute atomic E-state index is 13.3. The summed E-state index contributed by atoms with van der Waals surface area (Å²) in [5, 5.41) is 31.2. The van der Waals surface area contributed by atoms with Crippen molar-refractivity contribution >= 4 is 23.5 Å². The topological polar surface area (TPSA) is 188 Å². The molecular weight excluding hydrogens is 648 g/mol. The summed E-state index contributed by atoms with van der Waals surface area (Å²) in [6.45, 7) is 4.24. The summed E-state index contributed by atoms with van der Waals surface area (Å²) in [5.41, 5.74) is 1.06. The van der Waals surface area contributed by atoms with E-state index in [1.165, 1.54) is 25.3 Å². The maximum Gasteiger partial charge on any atom is 0.336 e. The van der Waals surface area contributed by atoms with Gasteiger partial charge in [-0.1, -0.05) is 30.3 Å². The van der Waals surface area contributed by atoms with Gasteiger partial charge in [-0.3, -0.25) is 14.9 Å². The van der Waals surface area contributed by atoms with E-state index in [2.05, 4.69) is 16.0 Å². The van der Waals surface area contributed by atoms with Gasteiger partial charge in [-0.15, -0.1) is 0 Å². The van der Waals surface area contributed by atoms with Crippen molar-refractivity contribution in [3.63, 3.8) is 0 Å². The number of non-ortho nitro benzene ring substituents is 1. The number of carbonyl (C=O) groups is 3. The summed E-state index contributed by atoms with van der Waals surface area (Å²) < 4.78 is 21.8. The van der Waals surface area contributed by atoms with Crippen LogP contribution in [0.25, 0.3) is 0 Å². The summed E-state index contributed by atoms with van der Waals surface area (Å²) in [4.78, 5) is 50.2. The molecule has 270 valence electrons. The van der Waals surface area contributed by atoms with Gasteiger partial charge in [0.05, 0.1) is 54.6 Å². The van der Waals surface area contributed by atoms with Gasteiger partial charge in [0.15, 0.2) is 0 Å². The Labute approximate surface area is 291 Å². The Hall–Kier alpha value is -4.79. The van der Waals surface area contributed by atoms with Crippen molar-refractivity contribution in [1.29, 1.82) is 0 Å². The first-order chi connectivity index (χ1) is 24.1. The number of esters is 2. The van der Waals surface area contributed by atoms with Crippen molar-refractivity contribution < 1.29 is 43.4 Å². The van der Waals surface area contributed by atoms with Crippen LogP contribution in [0.2, 0.25) is 0 Å². The van der Waals surface area contributed by atoms with E-state index in [-0.39, 0.29) is 67.7 Å². The number of nitro benzene ring substituents is 1. The molecule has 1 fully saturated rings. The summed E-state index contributed by atoms with van der Waals surface area (Å²) in [5.74, 6) is -1.91. The lowest BCUT2D eigenvalue weighted by Crippen LogP contribution is -2.42. The average Bonchev–Trinajstić information content (AvgIpc) is 3.13. The quantitative estimate of drug-likeness (QED) is 0.0821. The first-order valence-electron chi connectivity index (χ1n) is 16.8. The number of para-hydroxylation sites is 1. The number of carbonyl (C=O) groups excluding carboxylic acids is 3. The molecule has 0 saturated heterocycles. The van der Waals surface area contributed by atoms with E-state index in [0.717, 1.165) is 12.8 Å². The van der Waals surface area contributed by atoms with Gasteiger partial charge in [0.25, 0.3) is 5.69 Å². The van der Waals surface area contributed by atoms with E-state index in [1.54, 1.807) is 19.9 Å². The molecule has 0 spiro atoms. The van der Waals surface area contributed by atoms with Gasteiger partial charge in [-0.25, -0.2) is 9.59 Å². The van der Waals surface area contributed by atoms with Crippen LogP contribution in [0, 0.1) is 16.0 Å². The molecule has 1 saturated carbocycles. The molecule has 14 heteroatoms. The van der Waals surface area contributed by atoms with E-state index in [9.17, 15) is 29.6 Å². The number of aliphatic hydroxyl groups is 1. The fourth-order valence-electron chi connectivity index (χ4n) is 6.19. The van der Waals surface area contributed by atoms with E-state index < -0.39 is 28.9 Å². The molecular formula is C36H46N4O10. The monoisotopic (exact) mass is 694 g/mol. The number of nitrogens with zero attached hydrogens (tertiary/aromatic N) is 1. The molecule has 4 rings (SSSR count). The minimum absolute atomic E-state index is 0.0576. The Bertz CT molecular complexity index is 1550. The number of nitrogens with one attached hydrogen (secondary N) is 3. The van der Waals surface area contributed by atoms with Crippen LogP contribution in [0.4, 0.5) is 5.69 Å². The zero-order valence-corrected chi connectivity index (χ0v) is 28.6. The fourth-order valence-corrected chi connectivity index (χ4v) is 6.19. The van der Waals surface area contributed by atoms with Crippen molar-refractivity contribution in [3.05, 3.63) is 92.8 Å². The van der Waals surface area contributed by atoms with Crippen LogP contribution in [0.15, 0.2) is 77.1 Å². The fraction of sp³-hybridized carbons (Fsp3) is 0.472. The molecule has 0 bridgehead atoms. The Kier molecular flexibility index (Phi) is 14.3. The van der Waals surface area contributed by atoms with Crippen LogP contribution < -0.4 is 20.7 Å². The molecule has 2 aromatic carbocycles. The van der Waals surface area contributed by atoms with Crippen molar-refractivity contribution in [1.82, 2.24) is 16.0 Å². The van der Waals surface area contributed by atoms with Gasteiger partial charge in [0, 0.05) is 42.9 Å². The number of hydrogen-bond acceptors (Lipinski definition) is 12. The zero-order chi connectivity index (χ0) is 36.0. The highest BCUT2D eigenvalue weighted by Gasteiger charge is 2.39. The van der Waals surface area contributed by atoms with Crippen LogP contribution in [-0.4, -0.2) is 86.6 Å². The highest BCUT2D eigenvalue weighted by atomic mass is 16.6. The number of hydrogen-bond donors (Lipinski definition) is 4. The Morgan fingerprint density at radius 2 is 1.78 bits per heavy atom. The van der Waals surface area contributed by atoms with Crippen LogP contribution in [-0.2, 0) is 28.6 Å². The molecule has 2 atom stereocenters. The van der Waals surface area contributed by atoms with Crippen molar-refractivity contribution in [2.75, 3.05) is 46.6 Å². The first-order valence-corrected chi connectivity index (χ1v) is 16.8. The molecule has 1 aliphatic heterocycles. The number of benzene rings is 2. The van der Waals surface area contributed by atoms with E-state index in [0.29, 0.717) is 42.1 Å². The number of aliphatic hydroxyl groups excluding tert-OH is 1. The lowest BCUT2D eigenvalue weighted by molar-refractivity contribution is -0.384. The second-order valence-corrected chi connectivity index (χ2v) is 12.1. The summed E-state index contributed by atoms with van der Waals surface area (Å²) >= 11 is 0. The number of rotatable bonds is 17. The summed E-state index contributed by atoms with van der Waals surface area (Å²) in [6.07, 6.45) is 2.40. The second kappa shape index (κ2) is 18.8. The highest BCUT2D eigenvalue weighted by molar-refractivity contribution is 6.00. The number of methoxy groups -OCH3 is 1. The molecule has 0 radical (unpaired) electrons. The van der Waals surface area contributed by atoms with Gasteiger partial charge in [0.2, 0.25) is 5.91 Å². The zero-order valence-electron chi connectivity index (χ0n) is 28.6. The number of amides is 1. The molecule has 0 aromatic heterocycles. The molecule has 2 unspecified atom stereocenters. The van der Waals surface area contributed by atoms with Gasteiger partial charge in [-0.05, 0) is 57.2 Å². The van der Waals surface area contributed by atoms with Crippen molar-refractivity contribution in [2.24, 2.45) is 5.92 Å². The number of ether oxygens (including phenoxy) is 4. The third-order valence-electron chi connectivity index (χ3n) is 8.68. The lowest BCUT2D eigenvalue weighted by Gasteiger charge is -2.31. The van der Waals surface area contributed by atoms with Crippen LogP contribution in [0.3, 0.4) is 0 Å². The second-order valence-electron chi connectivity index (χ2n) is 12.1. The third kappa shape index (κ3) is 10.4. The van der Waals surface area contributed by atoms with Crippen LogP contribution in [0.5, 0.6) is 5.75 Å². The minimum atomic E-state index is -1.02. The minimum Gasteiger partial charge on any atom is -0.491 e. The van der Waals surface area contributed by atoms with Gasteiger partial charge in [0.1, 0.15) is 18.5 Å². The Morgan fingerprint density at radius 3 is 2.46 bits per heavy atom. The number of nitro groups is 1. The Balaban J connectivity index is 1.29. The van der Waals surface area contributed by atoms with Crippen LogP contribution >= 0.6 is 0 Å². The summed E-state index contributed by atoms with van der Waals surface area (Å²) in [7, 11) is 1.22. The number of allylic oxidation sites excluding steroid dienone is 1. The van der Waals surface area contributed by atoms with Crippen molar-refractivity contribution in [2.45, 2.75) is 57.6 Å². The van der Waals surface area contributed by atoms with E-state index >= 15 is 0 Å². The number of dihydropyridines is 1. The van der Waals surface area contributed by atoms with E-state index in [4.69, 9.17) is 18.9 Å². The first kappa shape index (κ1) is 38.0. The normalized spacial score (nSPS) is 19.6. The van der Waals surface area contributed by atoms with Gasteiger partial charge >= 0.3 is 11.9 Å². The molecule has 1 amide bonds. The predicted molar refractivity (Wildman–Crippen MR) is 183 cm³/mol. The molecule has 1 aliphatic carbocycles.